The van der Waals surface area contributed by atoms with Gasteiger partial charge in [-0.2, -0.15) is 0 Å². The maximum absolute atomic E-state index is 6.03. The summed E-state index contributed by atoms with van der Waals surface area (Å²) in [5, 5.41) is 7.08. The molecule has 0 aliphatic heterocycles. The highest BCUT2D eigenvalue weighted by molar-refractivity contribution is 7.14. The van der Waals surface area contributed by atoms with Crippen molar-refractivity contribution in [3.05, 3.63) is 57.9 Å². The van der Waals surface area contributed by atoms with Crippen molar-refractivity contribution in [3.63, 3.8) is 0 Å². The molecule has 6 heteroatoms. The van der Waals surface area contributed by atoms with Crippen LogP contribution in [0.5, 0.6) is 0 Å². The second kappa shape index (κ2) is 5.93. The van der Waals surface area contributed by atoms with E-state index in [0.717, 1.165) is 27.8 Å². The lowest BCUT2D eigenvalue weighted by atomic mass is 10.2. The van der Waals surface area contributed by atoms with Gasteiger partial charge >= 0.3 is 0 Å². The number of nitrogens with zero attached hydrogens (tertiary/aromatic N) is 1. The molecule has 3 rings (SSSR count). The predicted molar refractivity (Wildman–Crippen MR) is 91.7 cm³/mol. The van der Waals surface area contributed by atoms with Gasteiger partial charge in [-0.1, -0.05) is 29.3 Å². The molecule has 0 bridgehead atoms. The van der Waals surface area contributed by atoms with Gasteiger partial charge in [-0.3, -0.25) is 0 Å². The van der Waals surface area contributed by atoms with Crippen molar-refractivity contribution in [3.8, 4) is 11.3 Å². The number of nitrogens with two attached hydrogens (primary N) is 1. The fourth-order valence-electron chi connectivity index (χ4n) is 1.81. The summed E-state index contributed by atoms with van der Waals surface area (Å²) in [6, 6.07) is 13.0. The Labute approximate surface area is 136 Å². The molecule has 3 nitrogen and oxygen atoms in total. The molecule has 0 aliphatic carbocycles. The van der Waals surface area contributed by atoms with E-state index in [0.29, 0.717) is 10.0 Å². The van der Waals surface area contributed by atoms with Crippen LogP contribution in [0.2, 0.25) is 10.0 Å². The van der Waals surface area contributed by atoms with Gasteiger partial charge in [-0.25, -0.2) is 4.98 Å². The van der Waals surface area contributed by atoms with Crippen molar-refractivity contribution in [1.82, 2.24) is 4.98 Å². The first-order chi connectivity index (χ1) is 10.1. The van der Waals surface area contributed by atoms with Gasteiger partial charge in [0.2, 0.25) is 0 Å². The van der Waals surface area contributed by atoms with Gasteiger partial charge in [-0.05, 0) is 36.4 Å². The van der Waals surface area contributed by atoms with E-state index in [-0.39, 0.29) is 0 Å². The maximum Gasteiger partial charge on any atom is 0.187 e. The predicted octanol–water partition coefficient (Wildman–Crippen LogP) is 5.44. The monoisotopic (exact) mass is 335 g/mol. The largest absolute Gasteiger partial charge is 0.399 e. The molecule has 0 aliphatic rings. The number of hydrogen-bond acceptors (Lipinski definition) is 4. The number of anilines is 3. The molecule has 0 saturated heterocycles. The van der Waals surface area contributed by atoms with E-state index in [9.17, 15) is 0 Å². The zero-order valence-corrected chi connectivity index (χ0v) is 13.1. The number of thiazole rings is 1. The van der Waals surface area contributed by atoms with Crippen LogP contribution in [0.1, 0.15) is 0 Å². The third-order valence-electron chi connectivity index (χ3n) is 2.88. The molecule has 21 heavy (non-hydrogen) atoms. The lowest BCUT2D eigenvalue weighted by molar-refractivity contribution is 1.38. The normalized spacial score (nSPS) is 10.6. The Morgan fingerprint density at radius 2 is 1.76 bits per heavy atom. The Kier molecular flexibility index (Phi) is 4.01. The molecule has 0 spiro atoms. The SMILES string of the molecule is Nc1ccc(Nc2nc(-c3ccc(Cl)c(Cl)c3)cs2)cc1. The molecule has 0 fully saturated rings. The van der Waals surface area contributed by atoms with E-state index in [1.54, 1.807) is 6.07 Å². The summed E-state index contributed by atoms with van der Waals surface area (Å²) < 4.78 is 0. The van der Waals surface area contributed by atoms with Crippen LogP contribution in [-0.2, 0) is 0 Å². The van der Waals surface area contributed by atoms with Gasteiger partial charge in [0.15, 0.2) is 5.13 Å². The maximum atomic E-state index is 6.03. The third kappa shape index (κ3) is 3.29. The highest BCUT2D eigenvalue weighted by Crippen LogP contribution is 2.31. The summed E-state index contributed by atoms with van der Waals surface area (Å²) in [6.07, 6.45) is 0. The minimum atomic E-state index is 0.523. The summed E-state index contributed by atoms with van der Waals surface area (Å²) in [7, 11) is 0. The number of nitrogens with one attached hydrogen (secondary N) is 1. The summed E-state index contributed by atoms with van der Waals surface area (Å²) in [5.74, 6) is 0. The van der Waals surface area contributed by atoms with E-state index < -0.39 is 0 Å². The fraction of sp³-hybridized carbons (Fsp3) is 0. The molecule has 0 atom stereocenters. The van der Waals surface area contributed by atoms with Crippen molar-refractivity contribution in [2.75, 3.05) is 11.1 Å². The molecule has 2 aromatic carbocycles. The van der Waals surface area contributed by atoms with Gasteiger partial charge in [0.1, 0.15) is 0 Å². The van der Waals surface area contributed by atoms with Crippen LogP contribution < -0.4 is 11.1 Å². The van der Waals surface area contributed by atoms with Crippen molar-refractivity contribution in [2.24, 2.45) is 0 Å². The summed E-state index contributed by atoms with van der Waals surface area (Å²) in [6.45, 7) is 0. The van der Waals surface area contributed by atoms with Crippen LogP contribution in [-0.4, -0.2) is 4.98 Å². The molecule has 0 amide bonds. The minimum Gasteiger partial charge on any atom is -0.399 e. The average Bonchev–Trinajstić information content (AvgIpc) is 2.93. The van der Waals surface area contributed by atoms with E-state index in [4.69, 9.17) is 28.9 Å². The Balaban J connectivity index is 1.82. The second-order valence-corrected chi connectivity index (χ2v) is 6.09. The number of aromatic nitrogens is 1. The van der Waals surface area contributed by atoms with Crippen LogP contribution in [0.3, 0.4) is 0 Å². The first-order valence-corrected chi connectivity index (χ1v) is 7.79. The second-order valence-electron chi connectivity index (χ2n) is 4.41. The quantitative estimate of drug-likeness (QED) is 0.626. The van der Waals surface area contributed by atoms with E-state index in [1.807, 2.05) is 41.8 Å². The lowest BCUT2D eigenvalue weighted by Crippen LogP contribution is -1.90. The lowest BCUT2D eigenvalue weighted by Gasteiger charge is -2.02. The Hall–Kier alpha value is -1.75. The molecule has 0 saturated carbocycles. The molecular weight excluding hydrogens is 325 g/mol. The topological polar surface area (TPSA) is 50.9 Å². The zero-order valence-electron chi connectivity index (χ0n) is 10.8. The Morgan fingerprint density at radius 1 is 1.00 bits per heavy atom. The summed E-state index contributed by atoms with van der Waals surface area (Å²) in [4.78, 5) is 4.54. The van der Waals surface area contributed by atoms with Gasteiger partial charge in [0.05, 0.1) is 15.7 Å². The van der Waals surface area contributed by atoms with Crippen LogP contribution in [0.4, 0.5) is 16.5 Å². The summed E-state index contributed by atoms with van der Waals surface area (Å²) in [5.41, 5.74) is 9.13. The Morgan fingerprint density at radius 3 is 2.48 bits per heavy atom. The van der Waals surface area contributed by atoms with E-state index in [1.165, 1.54) is 11.3 Å². The number of halogens is 2. The zero-order chi connectivity index (χ0) is 14.8. The van der Waals surface area contributed by atoms with Gasteiger partial charge in [0.25, 0.3) is 0 Å². The van der Waals surface area contributed by atoms with Crippen molar-refractivity contribution in [2.45, 2.75) is 0 Å². The molecule has 0 unspecified atom stereocenters. The third-order valence-corrected chi connectivity index (χ3v) is 4.38. The van der Waals surface area contributed by atoms with Gasteiger partial charge in [-0.15, -0.1) is 11.3 Å². The first kappa shape index (κ1) is 14.2. The van der Waals surface area contributed by atoms with Crippen molar-refractivity contribution < 1.29 is 0 Å². The highest BCUT2D eigenvalue weighted by Gasteiger charge is 2.07. The van der Waals surface area contributed by atoms with Gasteiger partial charge < -0.3 is 11.1 Å². The van der Waals surface area contributed by atoms with Crippen molar-refractivity contribution >= 4 is 51.0 Å². The molecule has 0 radical (unpaired) electrons. The molecular formula is C15H11Cl2N3S. The van der Waals surface area contributed by atoms with E-state index >= 15 is 0 Å². The van der Waals surface area contributed by atoms with Crippen LogP contribution in [0, 0.1) is 0 Å². The highest BCUT2D eigenvalue weighted by atomic mass is 35.5. The standard InChI is InChI=1S/C15H11Cl2N3S/c16-12-6-1-9(7-13(12)17)14-8-21-15(20-14)19-11-4-2-10(18)3-5-11/h1-8H,18H2,(H,19,20). The fourth-order valence-corrected chi connectivity index (χ4v) is 2.85. The smallest absolute Gasteiger partial charge is 0.187 e. The van der Waals surface area contributed by atoms with Crippen LogP contribution >= 0.6 is 34.5 Å². The van der Waals surface area contributed by atoms with Gasteiger partial charge in [0, 0.05) is 22.3 Å². The number of benzene rings is 2. The molecule has 1 aromatic heterocycles. The number of hydrogen-bond donors (Lipinski definition) is 2. The first-order valence-electron chi connectivity index (χ1n) is 6.15. The van der Waals surface area contributed by atoms with Crippen molar-refractivity contribution in [1.29, 1.82) is 0 Å². The number of rotatable bonds is 3. The Bertz CT molecular complexity index is 769. The molecule has 3 N–H and O–H groups in total. The molecule has 106 valence electrons. The molecule has 1 heterocycles. The van der Waals surface area contributed by atoms with Crippen LogP contribution in [0.15, 0.2) is 47.8 Å². The minimum absolute atomic E-state index is 0.523. The van der Waals surface area contributed by atoms with Crippen LogP contribution in [0.25, 0.3) is 11.3 Å². The van der Waals surface area contributed by atoms with E-state index in [2.05, 4.69) is 10.3 Å². The summed E-state index contributed by atoms with van der Waals surface area (Å²) >= 11 is 13.5. The average molecular weight is 336 g/mol. The molecule has 3 aromatic rings. The number of nitrogen functional groups attached to an aromatic ring is 1.